The normalized spacial score (nSPS) is 12.9. The SMILES string of the molecule is Cc1nc([N+](=O)[O-])c2cccc(C(N)CO)n12. The van der Waals surface area contributed by atoms with Crippen molar-refractivity contribution in [2.24, 2.45) is 5.73 Å². The van der Waals surface area contributed by atoms with E-state index in [4.69, 9.17) is 10.8 Å². The van der Waals surface area contributed by atoms with Gasteiger partial charge in [-0.3, -0.25) is 4.40 Å². The van der Waals surface area contributed by atoms with Gasteiger partial charge in [0.2, 0.25) is 5.82 Å². The molecular weight excluding hydrogens is 224 g/mol. The molecule has 0 aliphatic carbocycles. The third-order valence-electron chi connectivity index (χ3n) is 2.59. The van der Waals surface area contributed by atoms with Crippen molar-refractivity contribution in [2.75, 3.05) is 6.61 Å². The standard InChI is InChI=1S/C10H12N4O3/c1-6-12-10(14(16)17)9-4-2-3-8(13(6)9)7(11)5-15/h2-4,7,15H,5,11H2,1H3. The first-order valence-electron chi connectivity index (χ1n) is 5.05. The molecule has 2 heterocycles. The molecule has 0 aliphatic heterocycles. The van der Waals surface area contributed by atoms with Crippen LogP contribution in [-0.4, -0.2) is 26.0 Å². The summed E-state index contributed by atoms with van der Waals surface area (Å²) in [6, 6.07) is 4.39. The topological polar surface area (TPSA) is 107 Å². The van der Waals surface area contributed by atoms with Crippen molar-refractivity contribution in [3.8, 4) is 0 Å². The minimum atomic E-state index is -0.591. The summed E-state index contributed by atoms with van der Waals surface area (Å²) in [6.07, 6.45) is 0. The number of pyridine rings is 1. The van der Waals surface area contributed by atoms with Gasteiger partial charge in [-0.25, -0.2) is 0 Å². The number of nitrogens with zero attached hydrogens (tertiary/aromatic N) is 3. The Balaban J connectivity index is 2.77. The molecule has 2 aromatic rings. The van der Waals surface area contributed by atoms with Gasteiger partial charge in [-0.2, -0.15) is 0 Å². The molecule has 7 heteroatoms. The van der Waals surface area contributed by atoms with Crippen molar-refractivity contribution in [3.05, 3.63) is 39.8 Å². The molecule has 0 saturated carbocycles. The molecule has 0 radical (unpaired) electrons. The Morgan fingerprint density at radius 1 is 1.65 bits per heavy atom. The Morgan fingerprint density at radius 3 is 2.94 bits per heavy atom. The van der Waals surface area contributed by atoms with Crippen molar-refractivity contribution < 1.29 is 10.0 Å². The largest absolute Gasteiger partial charge is 0.394 e. The average molecular weight is 236 g/mol. The van der Waals surface area contributed by atoms with Gasteiger partial charge >= 0.3 is 5.82 Å². The smallest absolute Gasteiger partial charge is 0.389 e. The molecule has 2 aromatic heterocycles. The highest BCUT2D eigenvalue weighted by Crippen LogP contribution is 2.23. The summed E-state index contributed by atoms with van der Waals surface area (Å²) in [4.78, 5) is 14.2. The third-order valence-corrected chi connectivity index (χ3v) is 2.59. The van der Waals surface area contributed by atoms with Gasteiger partial charge in [0.25, 0.3) is 0 Å². The molecule has 0 amide bonds. The first-order valence-corrected chi connectivity index (χ1v) is 5.05. The summed E-state index contributed by atoms with van der Waals surface area (Å²) in [5.41, 5.74) is 6.73. The molecule has 3 N–H and O–H groups in total. The van der Waals surface area contributed by atoms with Crippen molar-refractivity contribution >= 4 is 11.3 Å². The van der Waals surface area contributed by atoms with E-state index in [2.05, 4.69) is 4.98 Å². The van der Waals surface area contributed by atoms with Crippen molar-refractivity contribution in [1.29, 1.82) is 0 Å². The Kier molecular flexibility index (Phi) is 2.78. The summed E-state index contributed by atoms with van der Waals surface area (Å²) in [7, 11) is 0. The van der Waals surface area contributed by atoms with Gasteiger partial charge < -0.3 is 21.0 Å². The summed E-state index contributed by atoms with van der Waals surface area (Å²) < 4.78 is 1.60. The fourth-order valence-electron chi connectivity index (χ4n) is 1.84. The van der Waals surface area contributed by atoms with Crippen LogP contribution in [-0.2, 0) is 0 Å². The lowest BCUT2D eigenvalue weighted by molar-refractivity contribution is -0.387. The maximum Gasteiger partial charge on any atom is 0.389 e. The van der Waals surface area contributed by atoms with Crippen LogP contribution in [0.25, 0.3) is 5.52 Å². The zero-order chi connectivity index (χ0) is 12.6. The van der Waals surface area contributed by atoms with E-state index in [1.165, 1.54) is 0 Å². The maximum atomic E-state index is 10.8. The van der Waals surface area contributed by atoms with Gasteiger partial charge in [-0.15, -0.1) is 0 Å². The van der Waals surface area contributed by atoms with Crippen molar-refractivity contribution in [3.63, 3.8) is 0 Å². The number of hydrogen-bond donors (Lipinski definition) is 2. The molecule has 0 aromatic carbocycles. The Labute approximate surface area is 96.7 Å². The molecule has 90 valence electrons. The van der Waals surface area contributed by atoms with E-state index >= 15 is 0 Å². The fraction of sp³-hybridized carbons (Fsp3) is 0.300. The number of fused-ring (bicyclic) bond motifs is 1. The van der Waals surface area contributed by atoms with Gasteiger partial charge in [0.05, 0.1) is 12.6 Å². The molecular formula is C10H12N4O3. The number of rotatable bonds is 3. The number of nitro groups is 1. The summed E-state index contributed by atoms with van der Waals surface area (Å²) in [5, 5.41) is 19.9. The Morgan fingerprint density at radius 2 is 2.35 bits per heavy atom. The molecule has 0 fully saturated rings. The minimum Gasteiger partial charge on any atom is -0.394 e. The van der Waals surface area contributed by atoms with Gasteiger partial charge in [-0.1, -0.05) is 6.07 Å². The number of aryl methyl sites for hydroxylation is 1. The Hall–Kier alpha value is -1.99. The lowest BCUT2D eigenvalue weighted by Gasteiger charge is -2.10. The molecule has 2 rings (SSSR count). The van der Waals surface area contributed by atoms with Crippen LogP contribution in [0.4, 0.5) is 5.82 Å². The van der Waals surface area contributed by atoms with Crippen LogP contribution in [0.15, 0.2) is 18.2 Å². The van der Waals surface area contributed by atoms with Gasteiger partial charge in [0.15, 0.2) is 0 Å². The highest BCUT2D eigenvalue weighted by molar-refractivity contribution is 5.63. The second kappa shape index (κ2) is 4.11. The van der Waals surface area contributed by atoms with Crippen LogP contribution in [0.2, 0.25) is 0 Å². The molecule has 1 unspecified atom stereocenters. The van der Waals surface area contributed by atoms with E-state index in [0.29, 0.717) is 17.0 Å². The number of aliphatic hydroxyl groups excluding tert-OH is 1. The van der Waals surface area contributed by atoms with Crippen LogP contribution < -0.4 is 5.73 Å². The van der Waals surface area contributed by atoms with Crippen LogP contribution in [0, 0.1) is 17.0 Å². The Bertz CT molecular complexity index is 578. The van der Waals surface area contributed by atoms with E-state index in [1.807, 2.05) is 0 Å². The number of aromatic nitrogens is 2. The minimum absolute atomic E-state index is 0.200. The first-order chi connectivity index (χ1) is 8.06. The van der Waals surface area contributed by atoms with Crippen LogP contribution in [0.1, 0.15) is 17.6 Å². The second-order valence-electron chi connectivity index (χ2n) is 3.70. The van der Waals surface area contributed by atoms with Gasteiger partial charge in [0, 0.05) is 12.6 Å². The number of nitrogens with two attached hydrogens (primary N) is 1. The summed E-state index contributed by atoms with van der Waals surface area (Å²) >= 11 is 0. The molecule has 1 atom stereocenters. The van der Waals surface area contributed by atoms with Gasteiger partial charge in [0.1, 0.15) is 5.52 Å². The molecule has 0 bridgehead atoms. The number of hydrogen-bond acceptors (Lipinski definition) is 5. The van der Waals surface area contributed by atoms with Gasteiger partial charge in [-0.05, 0) is 22.0 Å². The van der Waals surface area contributed by atoms with Crippen molar-refractivity contribution in [2.45, 2.75) is 13.0 Å². The first kappa shape index (κ1) is 11.5. The monoisotopic (exact) mass is 236 g/mol. The quantitative estimate of drug-likeness (QED) is 0.597. The van der Waals surface area contributed by atoms with E-state index in [0.717, 1.165) is 0 Å². The number of imidazole rings is 1. The molecule has 0 spiro atoms. The summed E-state index contributed by atoms with van der Waals surface area (Å²) in [5.74, 6) is 0.278. The van der Waals surface area contributed by atoms with Crippen LogP contribution in [0.5, 0.6) is 0 Å². The van der Waals surface area contributed by atoms with E-state index in [-0.39, 0.29) is 12.4 Å². The number of aliphatic hydroxyl groups is 1. The zero-order valence-corrected chi connectivity index (χ0v) is 9.20. The van der Waals surface area contributed by atoms with Crippen LogP contribution in [0.3, 0.4) is 0 Å². The highest BCUT2D eigenvalue weighted by Gasteiger charge is 2.22. The molecule has 7 nitrogen and oxygen atoms in total. The second-order valence-corrected chi connectivity index (χ2v) is 3.70. The maximum absolute atomic E-state index is 10.8. The highest BCUT2D eigenvalue weighted by atomic mass is 16.6. The van der Waals surface area contributed by atoms with Crippen LogP contribution >= 0.6 is 0 Å². The predicted molar refractivity (Wildman–Crippen MR) is 60.6 cm³/mol. The third kappa shape index (κ3) is 1.75. The zero-order valence-electron chi connectivity index (χ0n) is 9.20. The van der Waals surface area contributed by atoms with E-state index in [9.17, 15) is 10.1 Å². The van der Waals surface area contributed by atoms with E-state index < -0.39 is 11.0 Å². The molecule has 0 saturated heterocycles. The van der Waals surface area contributed by atoms with E-state index in [1.54, 1.807) is 29.5 Å². The summed E-state index contributed by atoms with van der Waals surface area (Å²) in [6.45, 7) is 1.43. The predicted octanol–water partition coefficient (Wildman–Crippen LogP) is 0.543. The lowest BCUT2D eigenvalue weighted by atomic mass is 10.2. The molecule has 17 heavy (non-hydrogen) atoms. The lowest BCUT2D eigenvalue weighted by Crippen LogP contribution is -2.18. The van der Waals surface area contributed by atoms with Crippen molar-refractivity contribution in [1.82, 2.24) is 9.38 Å². The average Bonchev–Trinajstić information content (AvgIpc) is 2.66. The fourth-order valence-corrected chi connectivity index (χ4v) is 1.84. The molecule has 0 aliphatic rings.